The standard InChI is InChI=1S/C13H13F5N2O4/c14-7-1-6(19-3-9(21)11(22)23)2-8(15)10(7)20-4-12(24,5-20)13(16,17)18/h1-2,9,19,21,24H,3-5H2,(H,22,23)/t9-/m1/s1. The molecular formula is C13H13F5N2O4. The predicted molar refractivity (Wildman–Crippen MR) is 71.7 cm³/mol. The second kappa shape index (κ2) is 6.06. The average Bonchev–Trinajstić information content (AvgIpc) is 2.40. The summed E-state index contributed by atoms with van der Waals surface area (Å²) < 4.78 is 65.5. The molecular weight excluding hydrogens is 343 g/mol. The number of benzene rings is 1. The number of alkyl halides is 3. The summed E-state index contributed by atoms with van der Waals surface area (Å²) in [5.74, 6) is -3.91. The van der Waals surface area contributed by atoms with Crippen molar-refractivity contribution in [2.45, 2.75) is 17.9 Å². The van der Waals surface area contributed by atoms with E-state index in [0.29, 0.717) is 4.90 Å². The van der Waals surface area contributed by atoms with Gasteiger partial charge in [-0.25, -0.2) is 13.6 Å². The van der Waals surface area contributed by atoms with E-state index in [0.717, 1.165) is 12.1 Å². The lowest BCUT2D eigenvalue weighted by atomic mass is 9.92. The highest BCUT2D eigenvalue weighted by atomic mass is 19.4. The molecule has 1 fully saturated rings. The minimum Gasteiger partial charge on any atom is -0.479 e. The Balaban J connectivity index is 2.10. The Kier molecular flexibility index (Phi) is 4.59. The number of carboxylic acid groups (broad SMARTS) is 1. The van der Waals surface area contributed by atoms with Crippen LogP contribution in [0.15, 0.2) is 12.1 Å². The van der Waals surface area contributed by atoms with E-state index in [2.05, 4.69) is 5.32 Å². The lowest BCUT2D eigenvalue weighted by molar-refractivity contribution is -0.267. The quantitative estimate of drug-likeness (QED) is 0.587. The molecule has 0 spiro atoms. The van der Waals surface area contributed by atoms with Gasteiger partial charge in [0.15, 0.2) is 23.3 Å². The number of nitrogens with one attached hydrogen (secondary N) is 1. The number of β-amino-alcohol motifs (C(OH)–C–C–N with tert-alkyl or cyclic N) is 1. The SMILES string of the molecule is O=C(O)[C@H](O)CNc1cc(F)c(N2CC(O)(C(F)(F)F)C2)c(F)c1. The van der Waals surface area contributed by atoms with E-state index < -0.39 is 60.8 Å². The number of hydrogen-bond acceptors (Lipinski definition) is 5. The molecule has 1 aliphatic rings. The number of anilines is 2. The molecule has 0 saturated carbocycles. The number of aliphatic hydroxyl groups excluding tert-OH is 1. The van der Waals surface area contributed by atoms with Crippen LogP contribution in [0, 0.1) is 11.6 Å². The largest absolute Gasteiger partial charge is 0.479 e. The van der Waals surface area contributed by atoms with Crippen molar-refractivity contribution in [3.8, 4) is 0 Å². The molecule has 1 aromatic rings. The Morgan fingerprint density at radius 2 is 1.79 bits per heavy atom. The van der Waals surface area contributed by atoms with E-state index in [1.165, 1.54) is 0 Å². The van der Waals surface area contributed by atoms with Gasteiger partial charge in [-0.05, 0) is 12.1 Å². The fraction of sp³-hybridized carbons (Fsp3) is 0.462. The number of carbonyl (C=O) groups is 1. The first kappa shape index (κ1) is 18.2. The van der Waals surface area contributed by atoms with E-state index in [-0.39, 0.29) is 5.69 Å². The Labute approximate surface area is 132 Å². The summed E-state index contributed by atoms with van der Waals surface area (Å²) in [5.41, 5.74) is -3.94. The summed E-state index contributed by atoms with van der Waals surface area (Å²) in [6.45, 7) is -2.53. The van der Waals surface area contributed by atoms with Gasteiger partial charge in [-0.1, -0.05) is 0 Å². The average molecular weight is 356 g/mol. The molecule has 1 aromatic carbocycles. The molecule has 0 aromatic heterocycles. The van der Waals surface area contributed by atoms with Gasteiger partial charge < -0.3 is 25.5 Å². The van der Waals surface area contributed by atoms with E-state index >= 15 is 0 Å². The Bertz CT molecular complexity index is 623. The molecule has 1 heterocycles. The van der Waals surface area contributed by atoms with E-state index in [1.54, 1.807) is 0 Å². The molecule has 11 heteroatoms. The Morgan fingerprint density at radius 1 is 1.29 bits per heavy atom. The van der Waals surface area contributed by atoms with Gasteiger partial charge in [0.1, 0.15) is 5.69 Å². The van der Waals surface area contributed by atoms with Crippen LogP contribution in [0.1, 0.15) is 0 Å². The number of aliphatic hydroxyl groups is 2. The van der Waals surface area contributed by atoms with Crippen molar-refractivity contribution in [1.29, 1.82) is 0 Å². The molecule has 134 valence electrons. The minimum atomic E-state index is -4.91. The van der Waals surface area contributed by atoms with Crippen LogP contribution >= 0.6 is 0 Å². The van der Waals surface area contributed by atoms with Gasteiger partial charge in [0.25, 0.3) is 0 Å². The molecule has 24 heavy (non-hydrogen) atoms. The lowest BCUT2D eigenvalue weighted by Gasteiger charge is -2.48. The summed E-state index contributed by atoms with van der Waals surface area (Å²) in [6.07, 6.45) is -6.71. The van der Waals surface area contributed by atoms with Gasteiger partial charge in [0.2, 0.25) is 0 Å². The van der Waals surface area contributed by atoms with Gasteiger partial charge in [0.05, 0.1) is 19.6 Å². The third-order valence-electron chi connectivity index (χ3n) is 3.55. The van der Waals surface area contributed by atoms with Gasteiger partial charge >= 0.3 is 12.1 Å². The smallest absolute Gasteiger partial charge is 0.420 e. The highest BCUT2D eigenvalue weighted by molar-refractivity contribution is 5.73. The maximum absolute atomic E-state index is 14.0. The van der Waals surface area contributed by atoms with Gasteiger partial charge in [-0.2, -0.15) is 13.2 Å². The maximum atomic E-state index is 14.0. The minimum absolute atomic E-state index is 0.194. The van der Waals surface area contributed by atoms with Crippen LogP contribution in [-0.4, -0.2) is 58.8 Å². The second-order valence-electron chi connectivity index (χ2n) is 5.41. The molecule has 0 bridgehead atoms. The van der Waals surface area contributed by atoms with Crippen LogP contribution in [-0.2, 0) is 4.79 Å². The van der Waals surface area contributed by atoms with Gasteiger partial charge in [0, 0.05) is 5.69 Å². The molecule has 0 aliphatic carbocycles. The molecule has 0 amide bonds. The fourth-order valence-electron chi connectivity index (χ4n) is 2.19. The first-order valence-electron chi connectivity index (χ1n) is 6.62. The van der Waals surface area contributed by atoms with Gasteiger partial charge in [-0.3, -0.25) is 0 Å². The number of hydrogen-bond donors (Lipinski definition) is 4. The van der Waals surface area contributed by atoms with E-state index in [1.807, 2.05) is 0 Å². The summed E-state index contributed by atoms with van der Waals surface area (Å²) >= 11 is 0. The van der Waals surface area contributed by atoms with Crippen molar-refractivity contribution in [3.63, 3.8) is 0 Å². The molecule has 0 radical (unpaired) electrons. The summed E-state index contributed by atoms with van der Waals surface area (Å²) in [7, 11) is 0. The Hall–Kier alpha value is -2.14. The zero-order valence-electron chi connectivity index (χ0n) is 11.9. The number of rotatable bonds is 5. The van der Waals surface area contributed by atoms with Crippen molar-refractivity contribution < 1.29 is 42.1 Å². The monoisotopic (exact) mass is 356 g/mol. The zero-order chi connectivity index (χ0) is 18.3. The Morgan fingerprint density at radius 3 is 2.21 bits per heavy atom. The van der Waals surface area contributed by atoms with Crippen molar-refractivity contribution in [2.75, 3.05) is 29.9 Å². The zero-order valence-corrected chi connectivity index (χ0v) is 11.9. The van der Waals surface area contributed by atoms with Crippen molar-refractivity contribution in [1.82, 2.24) is 0 Å². The van der Waals surface area contributed by atoms with E-state index in [9.17, 15) is 31.9 Å². The topological polar surface area (TPSA) is 93.0 Å². The number of carboxylic acids is 1. The molecule has 6 nitrogen and oxygen atoms in total. The van der Waals surface area contributed by atoms with Crippen LogP contribution < -0.4 is 10.2 Å². The maximum Gasteiger partial charge on any atom is 0.420 e. The summed E-state index contributed by atoms with van der Waals surface area (Å²) in [5, 5.41) is 29.1. The first-order valence-corrected chi connectivity index (χ1v) is 6.62. The highest BCUT2D eigenvalue weighted by Gasteiger charge is 2.61. The van der Waals surface area contributed by atoms with Crippen LogP contribution in [0.2, 0.25) is 0 Å². The highest BCUT2D eigenvalue weighted by Crippen LogP contribution is 2.41. The summed E-state index contributed by atoms with van der Waals surface area (Å²) in [6, 6.07) is 1.50. The third-order valence-corrected chi connectivity index (χ3v) is 3.55. The van der Waals surface area contributed by atoms with Crippen molar-refractivity contribution in [3.05, 3.63) is 23.8 Å². The van der Waals surface area contributed by atoms with E-state index in [4.69, 9.17) is 10.2 Å². The lowest BCUT2D eigenvalue weighted by Crippen LogP contribution is -2.69. The van der Waals surface area contributed by atoms with Crippen LogP contribution in [0.5, 0.6) is 0 Å². The number of halogens is 5. The predicted octanol–water partition coefficient (Wildman–Crippen LogP) is 0.936. The van der Waals surface area contributed by atoms with Crippen LogP contribution in [0.3, 0.4) is 0 Å². The van der Waals surface area contributed by atoms with Crippen LogP contribution in [0.25, 0.3) is 0 Å². The molecule has 1 saturated heterocycles. The molecule has 1 aliphatic heterocycles. The van der Waals surface area contributed by atoms with Crippen LogP contribution in [0.4, 0.5) is 33.3 Å². The fourth-order valence-corrected chi connectivity index (χ4v) is 2.19. The van der Waals surface area contributed by atoms with Gasteiger partial charge in [-0.15, -0.1) is 0 Å². The normalized spacial score (nSPS) is 18.0. The second-order valence-corrected chi connectivity index (χ2v) is 5.41. The molecule has 4 N–H and O–H groups in total. The summed E-state index contributed by atoms with van der Waals surface area (Å²) in [4.78, 5) is 11.1. The number of nitrogens with zero attached hydrogens (tertiary/aromatic N) is 1. The molecule has 1 atom stereocenters. The third kappa shape index (κ3) is 3.36. The van der Waals surface area contributed by atoms with Crippen molar-refractivity contribution >= 4 is 17.3 Å². The van der Waals surface area contributed by atoms with Crippen molar-refractivity contribution in [2.24, 2.45) is 0 Å². The molecule has 2 rings (SSSR count). The first-order chi connectivity index (χ1) is 10.9. The number of aliphatic carboxylic acids is 1. The molecule has 0 unspecified atom stereocenters.